The molecule has 1 aromatic heterocycles. The Morgan fingerprint density at radius 1 is 0.889 bits per heavy atom. The highest BCUT2D eigenvalue weighted by molar-refractivity contribution is 6.34. The van der Waals surface area contributed by atoms with Gasteiger partial charge < -0.3 is 0 Å². The van der Waals surface area contributed by atoms with Crippen LogP contribution in [-0.4, -0.2) is 22.0 Å². The van der Waals surface area contributed by atoms with Crippen LogP contribution in [0.1, 0.15) is 20.7 Å². The van der Waals surface area contributed by atoms with Gasteiger partial charge in [0.2, 0.25) is 0 Å². The van der Waals surface area contributed by atoms with Crippen LogP contribution in [0, 0.1) is 0 Å². The molecule has 0 aliphatic carbocycles. The van der Waals surface area contributed by atoms with Crippen LogP contribution in [0.2, 0.25) is 5.15 Å². The average molecular weight is 260 g/mol. The molecule has 0 spiro atoms. The van der Waals surface area contributed by atoms with Crippen molar-refractivity contribution >= 4 is 29.2 Å². The summed E-state index contributed by atoms with van der Waals surface area (Å²) in [7, 11) is 0. The molecule has 2 amide bonds. The molecule has 1 aromatic carbocycles. The molecule has 1 aliphatic heterocycles. The van der Waals surface area contributed by atoms with Gasteiger partial charge in [-0.15, -0.1) is 10.2 Å². The van der Waals surface area contributed by atoms with Crippen molar-refractivity contribution in [2.24, 2.45) is 0 Å². The van der Waals surface area contributed by atoms with Crippen LogP contribution in [0.4, 0.5) is 5.82 Å². The van der Waals surface area contributed by atoms with E-state index < -0.39 is 11.8 Å². The summed E-state index contributed by atoms with van der Waals surface area (Å²) < 4.78 is 0. The van der Waals surface area contributed by atoms with Gasteiger partial charge in [0.25, 0.3) is 11.8 Å². The second-order valence-electron chi connectivity index (χ2n) is 3.71. The van der Waals surface area contributed by atoms with Crippen LogP contribution in [0.5, 0.6) is 0 Å². The van der Waals surface area contributed by atoms with Crippen molar-refractivity contribution in [2.75, 3.05) is 4.90 Å². The maximum atomic E-state index is 12.1. The molecule has 88 valence electrons. The number of rotatable bonds is 1. The Morgan fingerprint density at radius 3 is 2.00 bits per heavy atom. The fraction of sp³-hybridized carbons (Fsp3) is 0. The van der Waals surface area contributed by atoms with Gasteiger partial charge in [-0.05, 0) is 24.3 Å². The van der Waals surface area contributed by atoms with Gasteiger partial charge >= 0.3 is 0 Å². The largest absolute Gasteiger partial charge is 0.268 e. The second-order valence-corrected chi connectivity index (χ2v) is 4.09. The Kier molecular flexibility index (Phi) is 2.34. The monoisotopic (exact) mass is 259 g/mol. The van der Waals surface area contributed by atoms with E-state index in [0.717, 1.165) is 4.90 Å². The van der Waals surface area contributed by atoms with E-state index in [1.54, 1.807) is 24.3 Å². The molecule has 2 aromatic rings. The molecule has 3 rings (SSSR count). The molecule has 0 N–H and O–H groups in total. The molecule has 0 bridgehead atoms. The quantitative estimate of drug-likeness (QED) is 0.734. The number of halogens is 1. The maximum absolute atomic E-state index is 12.1. The molecule has 0 unspecified atom stereocenters. The van der Waals surface area contributed by atoms with E-state index in [2.05, 4.69) is 10.2 Å². The van der Waals surface area contributed by atoms with Crippen LogP contribution in [0.3, 0.4) is 0 Å². The van der Waals surface area contributed by atoms with Crippen LogP contribution in [0.15, 0.2) is 36.4 Å². The molecule has 0 saturated carbocycles. The third-order valence-electron chi connectivity index (χ3n) is 2.64. The van der Waals surface area contributed by atoms with E-state index in [9.17, 15) is 9.59 Å². The zero-order valence-electron chi connectivity index (χ0n) is 9.00. The van der Waals surface area contributed by atoms with Crippen molar-refractivity contribution in [3.8, 4) is 0 Å². The highest BCUT2D eigenvalue weighted by Gasteiger charge is 2.37. The lowest BCUT2D eigenvalue weighted by molar-refractivity contribution is 0.0925. The maximum Gasteiger partial charge on any atom is 0.267 e. The van der Waals surface area contributed by atoms with Crippen molar-refractivity contribution in [1.29, 1.82) is 0 Å². The predicted octanol–water partition coefficient (Wildman–Crippen LogP) is 1.93. The van der Waals surface area contributed by atoms with Gasteiger partial charge in [0.05, 0.1) is 11.1 Å². The second kappa shape index (κ2) is 3.89. The first-order valence-electron chi connectivity index (χ1n) is 5.15. The summed E-state index contributed by atoms with van der Waals surface area (Å²) in [5.74, 6) is -0.620. The molecule has 2 heterocycles. The average Bonchev–Trinajstić information content (AvgIpc) is 2.64. The summed E-state index contributed by atoms with van der Waals surface area (Å²) in [4.78, 5) is 25.2. The number of benzene rings is 1. The molecule has 18 heavy (non-hydrogen) atoms. The highest BCUT2D eigenvalue weighted by atomic mass is 35.5. The summed E-state index contributed by atoms with van der Waals surface area (Å²) in [6, 6.07) is 9.60. The van der Waals surface area contributed by atoms with Crippen LogP contribution in [-0.2, 0) is 0 Å². The summed E-state index contributed by atoms with van der Waals surface area (Å²) in [5.41, 5.74) is 0.749. The lowest BCUT2D eigenvalue weighted by Gasteiger charge is -2.11. The first-order chi connectivity index (χ1) is 8.68. The fourth-order valence-corrected chi connectivity index (χ4v) is 1.93. The van der Waals surface area contributed by atoms with Crippen molar-refractivity contribution in [3.63, 3.8) is 0 Å². The van der Waals surface area contributed by atoms with Gasteiger partial charge in [0, 0.05) is 0 Å². The highest BCUT2D eigenvalue weighted by Crippen LogP contribution is 2.26. The van der Waals surface area contributed by atoms with Crippen molar-refractivity contribution in [3.05, 3.63) is 52.7 Å². The fourth-order valence-electron chi connectivity index (χ4n) is 1.83. The number of anilines is 1. The van der Waals surface area contributed by atoms with Gasteiger partial charge in [-0.1, -0.05) is 23.7 Å². The summed E-state index contributed by atoms with van der Waals surface area (Å²) >= 11 is 5.62. The molecule has 0 radical (unpaired) electrons. The molecule has 1 aliphatic rings. The normalized spacial score (nSPS) is 13.9. The van der Waals surface area contributed by atoms with Crippen LogP contribution < -0.4 is 4.90 Å². The SMILES string of the molecule is O=C1c2ccccc2C(=O)N1c1ccc(Cl)nn1. The first-order valence-corrected chi connectivity index (χ1v) is 5.53. The minimum atomic E-state index is -0.396. The zero-order valence-corrected chi connectivity index (χ0v) is 9.76. The van der Waals surface area contributed by atoms with E-state index >= 15 is 0 Å². The van der Waals surface area contributed by atoms with Gasteiger partial charge in [-0.2, -0.15) is 0 Å². The Bertz CT molecular complexity index is 620. The molecule has 5 nitrogen and oxygen atoms in total. The van der Waals surface area contributed by atoms with E-state index in [1.165, 1.54) is 12.1 Å². The van der Waals surface area contributed by atoms with Crippen LogP contribution in [0.25, 0.3) is 0 Å². The molecule has 0 atom stereocenters. The predicted molar refractivity (Wildman–Crippen MR) is 64.6 cm³/mol. The smallest absolute Gasteiger partial charge is 0.267 e. The van der Waals surface area contributed by atoms with E-state index in [1.807, 2.05) is 0 Å². The van der Waals surface area contributed by atoms with Gasteiger partial charge in [-0.3, -0.25) is 9.59 Å². The van der Waals surface area contributed by atoms with Crippen molar-refractivity contribution in [1.82, 2.24) is 10.2 Å². The molecule has 0 fully saturated rings. The van der Waals surface area contributed by atoms with Crippen LogP contribution >= 0.6 is 11.6 Å². The van der Waals surface area contributed by atoms with E-state index in [4.69, 9.17) is 11.6 Å². The summed E-state index contributed by atoms with van der Waals surface area (Å²) in [6.07, 6.45) is 0. The van der Waals surface area contributed by atoms with Crippen molar-refractivity contribution in [2.45, 2.75) is 0 Å². The summed E-state index contributed by atoms with van der Waals surface area (Å²) in [6.45, 7) is 0. The van der Waals surface area contributed by atoms with E-state index in [-0.39, 0.29) is 11.0 Å². The lowest BCUT2D eigenvalue weighted by Crippen LogP contribution is -2.30. The first kappa shape index (κ1) is 10.9. The Morgan fingerprint density at radius 2 is 1.50 bits per heavy atom. The standard InChI is InChI=1S/C12H6ClN3O2/c13-9-5-6-10(15-14-9)16-11(17)7-3-1-2-4-8(7)12(16)18/h1-6H. The Labute approximate surface area is 107 Å². The summed E-state index contributed by atoms with van der Waals surface area (Å²) in [5, 5.41) is 7.58. The number of fused-ring (bicyclic) bond motifs is 1. The molecular formula is C12H6ClN3O2. The van der Waals surface area contributed by atoms with Crippen molar-refractivity contribution < 1.29 is 9.59 Å². The lowest BCUT2D eigenvalue weighted by atomic mass is 10.1. The molecule has 0 saturated heterocycles. The molecular weight excluding hydrogens is 254 g/mol. The van der Waals surface area contributed by atoms with Gasteiger partial charge in [0.15, 0.2) is 11.0 Å². The number of imide groups is 1. The minimum Gasteiger partial charge on any atom is -0.268 e. The molecule has 6 heteroatoms. The van der Waals surface area contributed by atoms with Gasteiger partial charge in [0.1, 0.15) is 0 Å². The number of carbonyl (C=O) groups is 2. The van der Waals surface area contributed by atoms with E-state index in [0.29, 0.717) is 11.1 Å². The zero-order chi connectivity index (χ0) is 12.7. The number of amides is 2. The number of hydrogen-bond acceptors (Lipinski definition) is 4. The van der Waals surface area contributed by atoms with Gasteiger partial charge in [-0.25, -0.2) is 4.90 Å². The Balaban J connectivity index is 2.09. The Hall–Kier alpha value is -2.27. The number of hydrogen-bond donors (Lipinski definition) is 0. The topological polar surface area (TPSA) is 63.2 Å². The number of nitrogens with zero attached hydrogens (tertiary/aromatic N) is 3. The number of carbonyl (C=O) groups excluding carboxylic acids is 2. The third-order valence-corrected chi connectivity index (χ3v) is 2.84. The minimum absolute atomic E-state index is 0.172. The third kappa shape index (κ3) is 1.48. The number of aromatic nitrogens is 2.